The van der Waals surface area contributed by atoms with Crippen LogP contribution in [0.4, 0.5) is 0 Å². The van der Waals surface area contributed by atoms with Crippen LogP contribution in [0, 0.1) is 16.7 Å². The van der Waals surface area contributed by atoms with Gasteiger partial charge in [0.1, 0.15) is 28.6 Å². The Bertz CT molecular complexity index is 2540. The quantitative estimate of drug-likeness (QED) is 0.0382. The number of fused-ring (bicyclic) bond motifs is 3. The molecule has 1 aliphatic heterocycles. The van der Waals surface area contributed by atoms with Crippen LogP contribution < -0.4 is 23.7 Å². The highest BCUT2D eigenvalue weighted by Crippen LogP contribution is 2.51. The van der Waals surface area contributed by atoms with E-state index in [1.54, 1.807) is 58.4 Å². The molecular formula is C53H57BrO11. The molecule has 0 fully saturated rings. The Morgan fingerprint density at radius 2 is 1.32 bits per heavy atom. The van der Waals surface area contributed by atoms with Crippen LogP contribution in [0.2, 0.25) is 0 Å². The van der Waals surface area contributed by atoms with E-state index in [0.717, 1.165) is 24.0 Å². The molecule has 342 valence electrons. The van der Waals surface area contributed by atoms with Gasteiger partial charge in [-0.1, -0.05) is 97.7 Å². The first kappa shape index (κ1) is 48.3. The number of esters is 4. The van der Waals surface area contributed by atoms with Crippen molar-refractivity contribution in [1.29, 1.82) is 0 Å². The van der Waals surface area contributed by atoms with Crippen LogP contribution in [0.15, 0.2) is 103 Å². The van der Waals surface area contributed by atoms with Crippen LogP contribution >= 0.6 is 15.9 Å². The fourth-order valence-corrected chi connectivity index (χ4v) is 8.11. The maximum absolute atomic E-state index is 14.2. The first-order chi connectivity index (χ1) is 30.8. The van der Waals surface area contributed by atoms with Gasteiger partial charge in [-0.3, -0.25) is 9.59 Å². The highest BCUT2D eigenvalue weighted by atomic mass is 79.9. The molecule has 5 aromatic rings. The van der Waals surface area contributed by atoms with Gasteiger partial charge in [0.15, 0.2) is 11.4 Å². The number of hydrogen-bond donors (Lipinski definition) is 0. The van der Waals surface area contributed by atoms with Crippen LogP contribution in [0.1, 0.15) is 105 Å². The number of hydrogen-bond acceptors (Lipinski definition) is 11. The third-order valence-corrected chi connectivity index (χ3v) is 13.1. The number of alkyl halides is 1. The van der Waals surface area contributed by atoms with Gasteiger partial charge in [0.2, 0.25) is 0 Å². The minimum absolute atomic E-state index is 0.0189. The zero-order valence-corrected chi connectivity index (χ0v) is 40.3. The van der Waals surface area contributed by atoms with E-state index in [2.05, 4.69) is 15.9 Å². The summed E-state index contributed by atoms with van der Waals surface area (Å²) in [4.78, 5) is 55.4. The minimum atomic E-state index is -1.17. The van der Waals surface area contributed by atoms with Crippen molar-refractivity contribution in [3.8, 4) is 28.7 Å². The van der Waals surface area contributed by atoms with Gasteiger partial charge in [-0.15, -0.1) is 0 Å². The molecule has 12 heteroatoms. The van der Waals surface area contributed by atoms with Gasteiger partial charge in [-0.2, -0.15) is 0 Å². The van der Waals surface area contributed by atoms with E-state index in [-0.39, 0.29) is 28.6 Å². The van der Waals surface area contributed by atoms with E-state index in [1.165, 1.54) is 19.2 Å². The van der Waals surface area contributed by atoms with Crippen LogP contribution in [0.5, 0.6) is 28.7 Å². The van der Waals surface area contributed by atoms with Crippen molar-refractivity contribution in [3.05, 3.63) is 131 Å². The molecule has 1 atom stereocenters. The van der Waals surface area contributed by atoms with Gasteiger partial charge < -0.3 is 33.2 Å². The second-order valence-corrected chi connectivity index (χ2v) is 19.8. The molecule has 0 saturated heterocycles. The van der Waals surface area contributed by atoms with Crippen molar-refractivity contribution in [1.82, 2.24) is 0 Å². The van der Waals surface area contributed by atoms with E-state index in [1.807, 2.05) is 101 Å². The SMILES string of the molecule is CCCCOC(=O)C(CC(C)(C)C(C)(C)C(=O)Oc1cccc(C(=O)Oc2c(C(=O)OC)c3c(c4ccccc24)OC(c2ccc(OC)cc2)(c2ccc(OC)cc2)C=C3)c1)C(C)(C)Br. The smallest absolute Gasteiger partial charge is 0.343 e. The van der Waals surface area contributed by atoms with Gasteiger partial charge in [0.05, 0.1) is 44.8 Å². The van der Waals surface area contributed by atoms with Crippen LogP contribution in [0.25, 0.3) is 16.8 Å². The summed E-state index contributed by atoms with van der Waals surface area (Å²) in [5.41, 5.74) is -1.07. The van der Waals surface area contributed by atoms with Gasteiger partial charge in [-0.05, 0) is 101 Å². The Balaban J connectivity index is 1.34. The molecule has 6 rings (SSSR count). The average Bonchev–Trinajstić information content (AvgIpc) is 3.30. The van der Waals surface area contributed by atoms with Crippen molar-refractivity contribution in [2.24, 2.45) is 16.7 Å². The van der Waals surface area contributed by atoms with Crippen molar-refractivity contribution in [2.45, 2.75) is 77.7 Å². The number of rotatable bonds is 17. The van der Waals surface area contributed by atoms with E-state index in [9.17, 15) is 19.2 Å². The van der Waals surface area contributed by atoms with Crippen molar-refractivity contribution >= 4 is 56.7 Å². The Morgan fingerprint density at radius 1 is 0.723 bits per heavy atom. The number of methoxy groups -OCH3 is 3. The summed E-state index contributed by atoms with van der Waals surface area (Å²) in [5, 5.41) is 0.986. The maximum Gasteiger partial charge on any atom is 0.343 e. The van der Waals surface area contributed by atoms with Gasteiger partial charge in [-0.25, -0.2) is 9.59 Å². The molecule has 0 amide bonds. The van der Waals surface area contributed by atoms with E-state index >= 15 is 0 Å². The van der Waals surface area contributed by atoms with Crippen LogP contribution in [-0.2, 0) is 24.7 Å². The van der Waals surface area contributed by atoms with Crippen LogP contribution in [0.3, 0.4) is 0 Å². The summed E-state index contributed by atoms with van der Waals surface area (Å²) in [6.07, 6.45) is 5.61. The summed E-state index contributed by atoms with van der Waals surface area (Å²) in [6.45, 7) is 13.6. The lowest BCUT2D eigenvalue weighted by Gasteiger charge is -2.43. The average molecular weight is 950 g/mol. The van der Waals surface area contributed by atoms with Gasteiger partial charge in [0, 0.05) is 31.8 Å². The molecule has 5 aromatic carbocycles. The lowest BCUT2D eigenvalue weighted by atomic mass is 9.62. The fourth-order valence-electron chi connectivity index (χ4n) is 7.76. The number of unbranched alkanes of at least 4 members (excludes halogenated alkanes) is 1. The molecule has 1 heterocycles. The van der Waals surface area contributed by atoms with Crippen molar-refractivity contribution < 1.29 is 52.3 Å². The molecule has 0 aromatic heterocycles. The number of halogens is 1. The molecule has 0 radical (unpaired) electrons. The normalized spacial score (nSPS) is 13.8. The zero-order chi connectivity index (χ0) is 47.3. The fraction of sp³-hybridized carbons (Fsp3) is 0.358. The molecule has 65 heavy (non-hydrogen) atoms. The Kier molecular flexibility index (Phi) is 14.5. The second kappa shape index (κ2) is 19.5. The molecule has 0 saturated carbocycles. The van der Waals surface area contributed by atoms with E-state index in [4.69, 9.17) is 33.2 Å². The topological polar surface area (TPSA) is 133 Å². The number of carbonyl (C=O) groups excluding carboxylic acids is 4. The molecule has 11 nitrogen and oxygen atoms in total. The van der Waals surface area contributed by atoms with Crippen molar-refractivity contribution in [2.75, 3.05) is 27.9 Å². The summed E-state index contributed by atoms with van der Waals surface area (Å²) < 4.78 is 40.5. The Morgan fingerprint density at radius 3 is 1.88 bits per heavy atom. The van der Waals surface area contributed by atoms with Crippen molar-refractivity contribution in [3.63, 3.8) is 0 Å². The molecule has 1 aliphatic rings. The standard InChI is InChI=1S/C53H57BrO11/c1-11-12-30-62-47(56)42(52(6,7)54)32-50(2,3)51(4,5)49(58)63-38-17-15-16-33(31-38)46(55)64-45-40-19-14-13-18-39(40)44-41(43(45)48(57)61-10)28-29-53(65-44,34-20-24-36(59-8)25-21-34)35-22-26-37(60-9)27-23-35/h13-29,31,42H,11-12,30,32H2,1-10H3. The lowest BCUT2D eigenvalue weighted by molar-refractivity contribution is -0.157. The second-order valence-electron chi connectivity index (χ2n) is 17.8. The summed E-state index contributed by atoms with van der Waals surface area (Å²) in [5.74, 6) is -1.22. The summed E-state index contributed by atoms with van der Waals surface area (Å²) >= 11 is 3.68. The third-order valence-electron chi connectivity index (χ3n) is 12.6. The largest absolute Gasteiger partial charge is 0.497 e. The molecule has 0 aliphatic carbocycles. The highest BCUT2D eigenvalue weighted by molar-refractivity contribution is 9.10. The van der Waals surface area contributed by atoms with E-state index in [0.29, 0.717) is 46.6 Å². The zero-order valence-electron chi connectivity index (χ0n) is 38.7. The minimum Gasteiger partial charge on any atom is -0.497 e. The summed E-state index contributed by atoms with van der Waals surface area (Å²) in [6, 6.07) is 28.3. The van der Waals surface area contributed by atoms with Crippen LogP contribution in [-0.4, -0.2) is 56.1 Å². The predicted octanol–water partition coefficient (Wildman–Crippen LogP) is 11.7. The monoisotopic (exact) mass is 948 g/mol. The third kappa shape index (κ3) is 9.93. The molecule has 1 unspecified atom stereocenters. The van der Waals surface area contributed by atoms with Gasteiger partial charge >= 0.3 is 23.9 Å². The number of carbonyl (C=O) groups is 4. The number of benzene rings is 5. The molecular weight excluding hydrogens is 892 g/mol. The highest BCUT2D eigenvalue weighted by Gasteiger charge is 2.49. The van der Waals surface area contributed by atoms with E-state index < -0.39 is 44.6 Å². The first-order valence-corrected chi connectivity index (χ1v) is 22.4. The Labute approximate surface area is 389 Å². The first-order valence-electron chi connectivity index (χ1n) is 21.6. The summed E-state index contributed by atoms with van der Waals surface area (Å²) in [7, 11) is 4.45. The number of ether oxygens (including phenoxy) is 7. The maximum atomic E-state index is 14.2. The van der Waals surface area contributed by atoms with Gasteiger partial charge in [0.25, 0.3) is 0 Å². The lowest BCUT2D eigenvalue weighted by Crippen LogP contribution is -2.46. The molecule has 0 bridgehead atoms. The molecule has 0 spiro atoms. The Hall–Kier alpha value is -6.14. The molecule has 0 N–H and O–H groups in total. The predicted molar refractivity (Wildman–Crippen MR) is 253 cm³/mol.